The molecule has 0 aromatic heterocycles. The maximum atomic E-state index is 14.1. The number of likely N-dealkylation sites (N-methyl/N-ethyl adjacent to an activating group) is 2. The molecule has 0 saturated carbocycles. The van der Waals surface area contributed by atoms with Crippen LogP contribution in [0.4, 0.5) is 4.39 Å². The molecule has 0 radical (unpaired) electrons. The first kappa shape index (κ1) is 14.9. The molecule has 1 fully saturated rings. The van der Waals surface area contributed by atoms with Crippen LogP contribution < -0.4 is 4.74 Å². The zero-order chi connectivity index (χ0) is 14.7. The molecular weight excluding hydrogens is 259 g/mol. The number of halogens is 1. The number of carbonyl (C=O) groups is 1. The highest BCUT2D eigenvalue weighted by Crippen LogP contribution is 2.22. The predicted molar refractivity (Wildman–Crippen MR) is 75.8 cm³/mol. The normalized spacial score (nSPS) is 20.9. The Morgan fingerprint density at radius 2 is 2.15 bits per heavy atom. The topological polar surface area (TPSA) is 32.8 Å². The van der Waals surface area contributed by atoms with Gasteiger partial charge < -0.3 is 14.5 Å². The molecule has 1 aliphatic heterocycles. The molecule has 0 spiro atoms. The SMILES string of the molecule is COc1cccc(C(=O)CC2CN(C)CCN2C)c1F. The Morgan fingerprint density at radius 3 is 2.85 bits per heavy atom. The van der Waals surface area contributed by atoms with E-state index in [1.165, 1.54) is 19.2 Å². The minimum Gasteiger partial charge on any atom is -0.494 e. The van der Waals surface area contributed by atoms with Crippen molar-refractivity contribution in [3.8, 4) is 5.75 Å². The molecule has 0 N–H and O–H groups in total. The quantitative estimate of drug-likeness (QED) is 0.785. The van der Waals surface area contributed by atoms with E-state index in [-0.39, 0.29) is 23.1 Å². The number of Topliss-reactive ketones (excluding diaryl/α,β-unsaturated/α-hetero) is 1. The molecule has 2 rings (SSSR count). The van der Waals surface area contributed by atoms with E-state index < -0.39 is 5.82 Å². The highest BCUT2D eigenvalue weighted by molar-refractivity contribution is 5.97. The van der Waals surface area contributed by atoms with Gasteiger partial charge in [-0.25, -0.2) is 4.39 Å². The zero-order valence-corrected chi connectivity index (χ0v) is 12.2. The lowest BCUT2D eigenvalue weighted by Gasteiger charge is -2.37. The summed E-state index contributed by atoms with van der Waals surface area (Å²) in [6, 6.07) is 4.82. The predicted octanol–water partition coefficient (Wildman–Crippen LogP) is 1.65. The first-order chi connectivity index (χ1) is 9.52. The van der Waals surface area contributed by atoms with Crippen LogP contribution in [-0.4, -0.2) is 62.5 Å². The van der Waals surface area contributed by atoms with Gasteiger partial charge in [-0.05, 0) is 26.2 Å². The average molecular weight is 280 g/mol. The van der Waals surface area contributed by atoms with E-state index >= 15 is 0 Å². The van der Waals surface area contributed by atoms with Crippen molar-refractivity contribution in [2.45, 2.75) is 12.5 Å². The van der Waals surface area contributed by atoms with Crippen molar-refractivity contribution < 1.29 is 13.9 Å². The number of rotatable bonds is 4. The maximum Gasteiger partial charge on any atom is 0.175 e. The Balaban J connectivity index is 2.12. The smallest absolute Gasteiger partial charge is 0.175 e. The van der Waals surface area contributed by atoms with Crippen LogP contribution in [0.15, 0.2) is 18.2 Å². The molecule has 0 bridgehead atoms. The molecule has 5 heteroatoms. The second-order valence-corrected chi connectivity index (χ2v) is 5.35. The van der Waals surface area contributed by atoms with Gasteiger partial charge >= 0.3 is 0 Å². The number of piperazine rings is 1. The summed E-state index contributed by atoms with van der Waals surface area (Å²) in [5.41, 5.74) is 0.117. The van der Waals surface area contributed by atoms with Crippen LogP contribution in [-0.2, 0) is 0 Å². The van der Waals surface area contributed by atoms with Crippen molar-refractivity contribution in [2.24, 2.45) is 0 Å². The minimum absolute atomic E-state index is 0.116. The van der Waals surface area contributed by atoms with Crippen molar-refractivity contribution in [3.63, 3.8) is 0 Å². The van der Waals surface area contributed by atoms with Gasteiger partial charge in [0.05, 0.1) is 12.7 Å². The first-order valence-electron chi connectivity index (χ1n) is 6.77. The van der Waals surface area contributed by atoms with Crippen molar-refractivity contribution >= 4 is 5.78 Å². The van der Waals surface area contributed by atoms with Gasteiger partial charge in [0.2, 0.25) is 0 Å². The molecule has 1 aromatic carbocycles. The number of benzene rings is 1. The standard InChI is InChI=1S/C15H21FN2O2/c1-17-7-8-18(2)11(10-17)9-13(19)12-5-4-6-14(20-3)15(12)16/h4-6,11H,7-10H2,1-3H3. The second-order valence-electron chi connectivity index (χ2n) is 5.35. The zero-order valence-electron chi connectivity index (χ0n) is 12.2. The summed E-state index contributed by atoms with van der Waals surface area (Å²) in [4.78, 5) is 16.7. The third kappa shape index (κ3) is 3.16. The van der Waals surface area contributed by atoms with Gasteiger partial charge in [-0.2, -0.15) is 0 Å². The molecule has 1 heterocycles. The van der Waals surface area contributed by atoms with Gasteiger partial charge in [0.25, 0.3) is 0 Å². The Labute approximate surface area is 119 Å². The molecule has 0 amide bonds. The molecule has 20 heavy (non-hydrogen) atoms. The van der Waals surface area contributed by atoms with E-state index in [9.17, 15) is 9.18 Å². The van der Waals surface area contributed by atoms with Gasteiger partial charge in [0, 0.05) is 32.1 Å². The Hall–Kier alpha value is -1.46. The summed E-state index contributed by atoms with van der Waals surface area (Å²) < 4.78 is 19.0. The summed E-state index contributed by atoms with van der Waals surface area (Å²) >= 11 is 0. The number of methoxy groups -OCH3 is 1. The first-order valence-corrected chi connectivity index (χ1v) is 6.77. The number of ether oxygens (including phenoxy) is 1. The van der Waals surface area contributed by atoms with Crippen molar-refractivity contribution in [1.82, 2.24) is 9.80 Å². The molecule has 0 aliphatic carbocycles. The number of hydrogen-bond acceptors (Lipinski definition) is 4. The van der Waals surface area contributed by atoms with Crippen LogP contribution in [0.3, 0.4) is 0 Å². The molecule has 110 valence electrons. The number of ketones is 1. The summed E-state index contributed by atoms with van der Waals surface area (Å²) in [5, 5.41) is 0. The van der Waals surface area contributed by atoms with Gasteiger partial charge in [0.15, 0.2) is 17.3 Å². The second kappa shape index (κ2) is 6.33. The summed E-state index contributed by atoms with van der Waals surface area (Å²) in [7, 11) is 5.44. The molecule has 1 aliphatic rings. The monoisotopic (exact) mass is 280 g/mol. The van der Waals surface area contributed by atoms with Crippen LogP contribution in [0.1, 0.15) is 16.8 Å². The number of hydrogen-bond donors (Lipinski definition) is 0. The van der Waals surface area contributed by atoms with Crippen LogP contribution in [0.2, 0.25) is 0 Å². The molecule has 1 atom stereocenters. The van der Waals surface area contributed by atoms with Crippen LogP contribution in [0, 0.1) is 5.82 Å². The third-order valence-electron chi connectivity index (χ3n) is 3.88. The fourth-order valence-corrected chi connectivity index (χ4v) is 2.53. The molecule has 1 unspecified atom stereocenters. The van der Waals surface area contributed by atoms with Crippen molar-refractivity contribution in [3.05, 3.63) is 29.6 Å². The maximum absolute atomic E-state index is 14.1. The lowest BCUT2D eigenvalue weighted by molar-refractivity contribution is 0.0806. The Bertz CT molecular complexity index is 493. The van der Waals surface area contributed by atoms with Gasteiger partial charge in [-0.3, -0.25) is 4.79 Å². The number of carbonyl (C=O) groups excluding carboxylic acids is 1. The highest BCUT2D eigenvalue weighted by Gasteiger charge is 2.26. The van der Waals surface area contributed by atoms with Crippen LogP contribution in [0.5, 0.6) is 5.75 Å². The van der Waals surface area contributed by atoms with Gasteiger partial charge in [0.1, 0.15) is 0 Å². The molecular formula is C15H21FN2O2. The highest BCUT2D eigenvalue weighted by atomic mass is 19.1. The largest absolute Gasteiger partial charge is 0.494 e. The van der Waals surface area contributed by atoms with E-state index in [2.05, 4.69) is 9.80 Å². The van der Waals surface area contributed by atoms with Crippen molar-refractivity contribution in [1.29, 1.82) is 0 Å². The lowest BCUT2D eigenvalue weighted by atomic mass is 10.0. The van der Waals surface area contributed by atoms with Gasteiger partial charge in [-0.15, -0.1) is 0 Å². The third-order valence-corrected chi connectivity index (χ3v) is 3.88. The lowest BCUT2D eigenvalue weighted by Crippen LogP contribution is -2.50. The van der Waals surface area contributed by atoms with Crippen molar-refractivity contribution in [2.75, 3.05) is 40.8 Å². The molecule has 4 nitrogen and oxygen atoms in total. The van der Waals surface area contributed by atoms with Crippen LogP contribution >= 0.6 is 0 Å². The Morgan fingerprint density at radius 1 is 1.40 bits per heavy atom. The van der Waals surface area contributed by atoms with E-state index in [4.69, 9.17) is 4.74 Å². The van der Waals surface area contributed by atoms with E-state index in [1.54, 1.807) is 6.07 Å². The van der Waals surface area contributed by atoms with Gasteiger partial charge in [-0.1, -0.05) is 6.07 Å². The Kier molecular flexibility index (Phi) is 4.73. The molecule has 1 aromatic rings. The molecule has 1 saturated heterocycles. The fraction of sp³-hybridized carbons (Fsp3) is 0.533. The average Bonchev–Trinajstić information content (AvgIpc) is 2.43. The minimum atomic E-state index is -0.563. The van der Waals surface area contributed by atoms with E-state index in [0.29, 0.717) is 6.42 Å². The van der Waals surface area contributed by atoms with Crippen LogP contribution in [0.25, 0.3) is 0 Å². The number of nitrogens with zero attached hydrogens (tertiary/aromatic N) is 2. The summed E-state index contributed by atoms with van der Waals surface area (Å²) in [6.45, 7) is 2.75. The van der Waals surface area contributed by atoms with E-state index in [0.717, 1.165) is 19.6 Å². The summed E-state index contributed by atoms with van der Waals surface area (Å²) in [6.07, 6.45) is 0.324. The van der Waals surface area contributed by atoms with E-state index in [1.807, 2.05) is 14.1 Å². The summed E-state index contributed by atoms with van der Waals surface area (Å²) in [5.74, 6) is -0.620. The fourth-order valence-electron chi connectivity index (χ4n) is 2.53.